The molecule has 1 amide bonds. The van der Waals surface area contributed by atoms with Gasteiger partial charge in [0.25, 0.3) is 0 Å². The molecular weight excluding hydrogens is 260 g/mol. The Bertz CT molecular complexity index is 500. The molecule has 0 aliphatic carbocycles. The summed E-state index contributed by atoms with van der Waals surface area (Å²) in [5.74, 6) is 1.26. The number of aliphatic imine (C=N–C) groups is 1. The van der Waals surface area contributed by atoms with E-state index in [1.54, 1.807) is 46.5 Å². The van der Waals surface area contributed by atoms with Crippen molar-refractivity contribution in [3.63, 3.8) is 0 Å². The predicted octanol–water partition coefficient (Wildman–Crippen LogP) is 0.519. The summed E-state index contributed by atoms with van der Waals surface area (Å²) in [4.78, 5) is 16.8. The van der Waals surface area contributed by atoms with Crippen LogP contribution in [0, 0.1) is 0 Å². The summed E-state index contributed by atoms with van der Waals surface area (Å²) in [6.45, 7) is -0.0158. The van der Waals surface area contributed by atoms with E-state index in [9.17, 15) is 4.79 Å². The molecule has 0 aromatic heterocycles. The third kappa shape index (κ3) is 4.34. The highest BCUT2D eigenvalue weighted by atomic mass is 16.5. The maximum atomic E-state index is 11.4. The molecule has 0 fully saturated rings. The first-order chi connectivity index (χ1) is 9.47. The van der Waals surface area contributed by atoms with E-state index >= 15 is 0 Å². The molecule has 0 unspecified atom stereocenters. The van der Waals surface area contributed by atoms with Crippen molar-refractivity contribution in [2.75, 3.05) is 40.2 Å². The third-order valence-corrected chi connectivity index (χ3v) is 2.55. The zero-order valence-electron chi connectivity index (χ0n) is 12.1. The van der Waals surface area contributed by atoms with Gasteiger partial charge in [0.15, 0.2) is 5.96 Å². The molecule has 0 saturated heterocycles. The van der Waals surface area contributed by atoms with E-state index in [-0.39, 0.29) is 18.4 Å². The maximum Gasteiger partial charge on any atom is 0.243 e. The Balaban J connectivity index is 2.81. The lowest BCUT2D eigenvalue weighted by molar-refractivity contribution is -0.127. The SMILES string of the molecule is COc1ccc(OC)c(NC(N)=NCC(=O)N(C)C)c1. The first-order valence-corrected chi connectivity index (χ1v) is 5.97. The Morgan fingerprint density at radius 3 is 2.60 bits per heavy atom. The highest BCUT2D eigenvalue weighted by Crippen LogP contribution is 2.28. The van der Waals surface area contributed by atoms with Crippen LogP contribution in [0.25, 0.3) is 0 Å². The smallest absolute Gasteiger partial charge is 0.243 e. The fourth-order valence-electron chi connectivity index (χ4n) is 1.38. The number of hydrogen-bond donors (Lipinski definition) is 2. The van der Waals surface area contributed by atoms with E-state index in [1.807, 2.05) is 0 Å². The van der Waals surface area contributed by atoms with Crippen molar-refractivity contribution >= 4 is 17.6 Å². The van der Waals surface area contributed by atoms with Gasteiger partial charge >= 0.3 is 0 Å². The number of hydrogen-bond acceptors (Lipinski definition) is 4. The molecule has 7 heteroatoms. The van der Waals surface area contributed by atoms with E-state index in [0.29, 0.717) is 17.2 Å². The van der Waals surface area contributed by atoms with E-state index < -0.39 is 0 Å². The predicted molar refractivity (Wildman–Crippen MR) is 78.4 cm³/mol. The van der Waals surface area contributed by atoms with Gasteiger partial charge in [-0.1, -0.05) is 0 Å². The zero-order chi connectivity index (χ0) is 15.1. The van der Waals surface area contributed by atoms with Gasteiger partial charge in [0.2, 0.25) is 5.91 Å². The average Bonchev–Trinajstić information content (AvgIpc) is 2.44. The fraction of sp³-hybridized carbons (Fsp3) is 0.385. The number of nitrogens with two attached hydrogens (primary N) is 1. The Morgan fingerprint density at radius 1 is 1.35 bits per heavy atom. The number of likely N-dealkylation sites (N-methyl/N-ethyl adjacent to an activating group) is 1. The number of methoxy groups -OCH3 is 2. The number of ether oxygens (including phenoxy) is 2. The molecular formula is C13H20N4O3. The number of nitrogens with one attached hydrogen (secondary N) is 1. The van der Waals surface area contributed by atoms with Gasteiger partial charge in [-0.2, -0.15) is 0 Å². The molecule has 0 heterocycles. The molecule has 0 aliphatic rings. The molecule has 20 heavy (non-hydrogen) atoms. The van der Waals surface area contributed by atoms with Gasteiger partial charge in [0, 0.05) is 20.2 Å². The summed E-state index contributed by atoms with van der Waals surface area (Å²) in [7, 11) is 6.44. The average molecular weight is 280 g/mol. The Morgan fingerprint density at radius 2 is 2.05 bits per heavy atom. The van der Waals surface area contributed by atoms with Gasteiger partial charge in [0.05, 0.1) is 19.9 Å². The van der Waals surface area contributed by atoms with Crippen molar-refractivity contribution in [3.05, 3.63) is 18.2 Å². The lowest BCUT2D eigenvalue weighted by atomic mass is 10.2. The molecule has 1 aromatic carbocycles. The fourth-order valence-corrected chi connectivity index (χ4v) is 1.38. The second kappa shape index (κ2) is 7.22. The van der Waals surface area contributed by atoms with Crippen LogP contribution >= 0.6 is 0 Å². The van der Waals surface area contributed by atoms with Crippen LogP contribution in [0.1, 0.15) is 0 Å². The van der Waals surface area contributed by atoms with Crippen LogP contribution in [-0.4, -0.2) is 51.6 Å². The first kappa shape index (κ1) is 15.6. The van der Waals surface area contributed by atoms with Crippen LogP contribution in [0.3, 0.4) is 0 Å². The summed E-state index contributed by atoms with van der Waals surface area (Å²) in [6, 6.07) is 5.25. The molecule has 0 aliphatic heterocycles. The Labute approximate surface area is 118 Å². The number of carbonyl (C=O) groups excluding carboxylic acids is 1. The molecule has 0 atom stereocenters. The Kier molecular flexibility index (Phi) is 5.64. The first-order valence-electron chi connectivity index (χ1n) is 5.97. The molecule has 0 spiro atoms. The van der Waals surface area contributed by atoms with Crippen LogP contribution in [0.5, 0.6) is 11.5 Å². The van der Waals surface area contributed by atoms with E-state index in [2.05, 4.69) is 10.3 Å². The number of nitrogens with zero attached hydrogens (tertiary/aromatic N) is 2. The largest absolute Gasteiger partial charge is 0.497 e. The van der Waals surface area contributed by atoms with Crippen molar-refractivity contribution in [2.24, 2.45) is 10.7 Å². The van der Waals surface area contributed by atoms with Crippen LogP contribution < -0.4 is 20.5 Å². The summed E-state index contributed by atoms with van der Waals surface area (Å²) < 4.78 is 10.3. The van der Waals surface area contributed by atoms with Gasteiger partial charge in [-0.3, -0.25) is 4.79 Å². The summed E-state index contributed by atoms with van der Waals surface area (Å²) in [5, 5.41) is 2.88. The van der Waals surface area contributed by atoms with Crippen LogP contribution in [0.4, 0.5) is 5.69 Å². The van der Waals surface area contributed by atoms with Gasteiger partial charge < -0.3 is 25.4 Å². The number of benzene rings is 1. The standard InChI is InChI=1S/C13H20N4O3/c1-17(2)12(18)8-15-13(14)16-10-7-9(19-3)5-6-11(10)20-4/h5-7H,8H2,1-4H3,(H3,14,15,16). The van der Waals surface area contributed by atoms with Crippen LogP contribution in [-0.2, 0) is 4.79 Å². The second-order valence-electron chi connectivity index (χ2n) is 4.18. The minimum Gasteiger partial charge on any atom is -0.497 e. The monoisotopic (exact) mass is 280 g/mol. The highest BCUT2D eigenvalue weighted by Gasteiger charge is 2.07. The van der Waals surface area contributed by atoms with E-state index in [4.69, 9.17) is 15.2 Å². The quantitative estimate of drug-likeness (QED) is 0.606. The van der Waals surface area contributed by atoms with Crippen molar-refractivity contribution in [2.45, 2.75) is 0 Å². The maximum absolute atomic E-state index is 11.4. The molecule has 1 rings (SSSR count). The highest BCUT2D eigenvalue weighted by molar-refractivity contribution is 5.95. The van der Waals surface area contributed by atoms with Gasteiger partial charge in [-0.05, 0) is 12.1 Å². The van der Waals surface area contributed by atoms with Gasteiger partial charge in [-0.25, -0.2) is 4.99 Å². The van der Waals surface area contributed by atoms with Crippen molar-refractivity contribution in [1.29, 1.82) is 0 Å². The van der Waals surface area contributed by atoms with Gasteiger partial charge in [0.1, 0.15) is 18.0 Å². The topological polar surface area (TPSA) is 89.2 Å². The minimum atomic E-state index is -0.132. The summed E-state index contributed by atoms with van der Waals surface area (Å²) in [5.41, 5.74) is 6.36. The molecule has 0 radical (unpaired) electrons. The number of anilines is 1. The van der Waals surface area contributed by atoms with Crippen molar-refractivity contribution in [1.82, 2.24) is 4.90 Å². The second-order valence-corrected chi connectivity index (χ2v) is 4.18. The van der Waals surface area contributed by atoms with Crippen LogP contribution in [0.2, 0.25) is 0 Å². The minimum absolute atomic E-state index is 0.0158. The molecule has 0 bridgehead atoms. The summed E-state index contributed by atoms with van der Waals surface area (Å²) >= 11 is 0. The van der Waals surface area contributed by atoms with Gasteiger partial charge in [-0.15, -0.1) is 0 Å². The normalized spacial score (nSPS) is 10.9. The molecule has 3 N–H and O–H groups in total. The number of guanidine groups is 1. The Hall–Kier alpha value is -2.44. The van der Waals surface area contributed by atoms with E-state index in [0.717, 1.165) is 0 Å². The zero-order valence-corrected chi connectivity index (χ0v) is 12.1. The lowest BCUT2D eigenvalue weighted by Gasteiger charge is -2.12. The number of rotatable bonds is 5. The molecule has 0 saturated carbocycles. The lowest BCUT2D eigenvalue weighted by Crippen LogP contribution is -2.28. The molecule has 110 valence electrons. The third-order valence-electron chi connectivity index (χ3n) is 2.55. The van der Waals surface area contributed by atoms with E-state index in [1.165, 1.54) is 4.90 Å². The summed E-state index contributed by atoms with van der Waals surface area (Å²) in [6.07, 6.45) is 0. The number of amides is 1. The molecule has 1 aromatic rings. The van der Waals surface area contributed by atoms with Crippen molar-refractivity contribution in [3.8, 4) is 11.5 Å². The number of carbonyl (C=O) groups is 1. The van der Waals surface area contributed by atoms with Crippen LogP contribution in [0.15, 0.2) is 23.2 Å². The van der Waals surface area contributed by atoms with Crippen molar-refractivity contribution < 1.29 is 14.3 Å². The molecule has 7 nitrogen and oxygen atoms in total.